The minimum absolute atomic E-state index is 0.0505. The Labute approximate surface area is 94.9 Å². The lowest BCUT2D eigenvalue weighted by Crippen LogP contribution is -2.16. The molecule has 1 aromatic heterocycles. The SMILES string of the molecule is CC(C)C(N)c1cn(C)c2c(F)cccc12. The summed E-state index contributed by atoms with van der Waals surface area (Å²) in [7, 11) is 1.85. The molecule has 0 amide bonds. The Morgan fingerprint density at radius 2 is 2.00 bits per heavy atom. The number of aryl methyl sites for hydroxylation is 1. The summed E-state index contributed by atoms with van der Waals surface area (Å²) in [6, 6.07) is 5.09. The van der Waals surface area contributed by atoms with Crippen molar-refractivity contribution in [2.24, 2.45) is 18.7 Å². The highest BCUT2D eigenvalue weighted by atomic mass is 19.1. The number of aromatic nitrogens is 1. The number of hydrogen-bond acceptors (Lipinski definition) is 1. The van der Waals surface area contributed by atoms with Crippen LogP contribution >= 0.6 is 0 Å². The molecular formula is C13H17FN2. The van der Waals surface area contributed by atoms with Gasteiger partial charge in [-0.2, -0.15) is 0 Å². The minimum Gasteiger partial charge on any atom is -0.348 e. The minimum atomic E-state index is -0.192. The molecule has 0 spiro atoms. The Bertz CT molecular complexity index is 514. The molecular weight excluding hydrogens is 203 g/mol. The molecule has 1 unspecified atom stereocenters. The highest BCUT2D eigenvalue weighted by Gasteiger charge is 2.17. The molecule has 2 N–H and O–H groups in total. The van der Waals surface area contributed by atoms with Gasteiger partial charge < -0.3 is 10.3 Å². The van der Waals surface area contributed by atoms with E-state index in [0.717, 1.165) is 10.9 Å². The predicted octanol–water partition coefficient (Wildman–Crippen LogP) is 2.97. The number of para-hydroxylation sites is 1. The molecule has 1 heterocycles. The number of rotatable bonds is 2. The van der Waals surface area contributed by atoms with Gasteiger partial charge in [-0.1, -0.05) is 26.0 Å². The molecule has 0 aliphatic heterocycles. The van der Waals surface area contributed by atoms with E-state index in [-0.39, 0.29) is 11.9 Å². The summed E-state index contributed by atoms with van der Waals surface area (Å²) in [6.07, 6.45) is 1.93. The zero-order valence-electron chi connectivity index (χ0n) is 9.87. The van der Waals surface area contributed by atoms with E-state index in [2.05, 4.69) is 13.8 Å². The van der Waals surface area contributed by atoms with E-state index in [9.17, 15) is 4.39 Å². The molecule has 2 aromatic rings. The molecule has 2 nitrogen and oxygen atoms in total. The van der Waals surface area contributed by atoms with Crippen LogP contribution in [0, 0.1) is 11.7 Å². The monoisotopic (exact) mass is 220 g/mol. The topological polar surface area (TPSA) is 30.9 Å². The predicted molar refractivity (Wildman–Crippen MR) is 64.6 cm³/mol. The molecule has 0 radical (unpaired) electrons. The van der Waals surface area contributed by atoms with Gasteiger partial charge >= 0.3 is 0 Å². The van der Waals surface area contributed by atoms with Crippen molar-refractivity contribution in [1.82, 2.24) is 4.57 Å². The van der Waals surface area contributed by atoms with Gasteiger partial charge in [0.2, 0.25) is 0 Å². The quantitative estimate of drug-likeness (QED) is 0.828. The summed E-state index contributed by atoms with van der Waals surface area (Å²) in [6.45, 7) is 4.14. The van der Waals surface area contributed by atoms with Gasteiger partial charge in [-0.05, 0) is 17.5 Å². The zero-order valence-corrected chi connectivity index (χ0v) is 9.87. The summed E-state index contributed by atoms with van der Waals surface area (Å²) in [5, 5.41) is 0.920. The Morgan fingerprint density at radius 3 is 2.62 bits per heavy atom. The Hall–Kier alpha value is -1.35. The van der Waals surface area contributed by atoms with Gasteiger partial charge in [0.1, 0.15) is 5.82 Å². The van der Waals surface area contributed by atoms with Crippen LogP contribution in [0.2, 0.25) is 0 Å². The van der Waals surface area contributed by atoms with Crippen molar-refractivity contribution in [2.75, 3.05) is 0 Å². The lowest BCUT2D eigenvalue weighted by molar-refractivity contribution is 0.516. The van der Waals surface area contributed by atoms with Crippen molar-refractivity contribution in [3.05, 3.63) is 35.8 Å². The van der Waals surface area contributed by atoms with Crippen molar-refractivity contribution < 1.29 is 4.39 Å². The third-order valence-corrected chi connectivity index (χ3v) is 3.06. The summed E-state index contributed by atoms with van der Waals surface area (Å²) < 4.78 is 15.5. The summed E-state index contributed by atoms with van der Waals surface area (Å²) >= 11 is 0. The number of nitrogens with two attached hydrogens (primary N) is 1. The fourth-order valence-electron chi connectivity index (χ4n) is 2.07. The van der Waals surface area contributed by atoms with E-state index in [4.69, 9.17) is 5.73 Å². The van der Waals surface area contributed by atoms with Gasteiger partial charge in [0.15, 0.2) is 0 Å². The molecule has 86 valence electrons. The largest absolute Gasteiger partial charge is 0.348 e. The van der Waals surface area contributed by atoms with E-state index in [1.807, 2.05) is 23.9 Å². The highest BCUT2D eigenvalue weighted by Crippen LogP contribution is 2.29. The van der Waals surface area contributed by atoms with Gasteiger partial charge in [-0.15, -0.1) is 0 Å². The Morgan fingerprint density at radius 1 is 1.31 bits per heavy atom. The first-order valence-corrected chi connectivity index (χ1v) is 5.51. The number of benzene rings is 1. The normalized spacial score (nSPS) is 13.6. The maximum absolute atomic E-state index is 13.7. The average Bonchev–Trinajstić information content (AvgIpc) is 2.56. The van der Waals surface area contributed by atoms with Crippen LogP contribution in [0.1, 0.15) is 25.5 Å². The molecule has 0 aliphatic carbocycles. The van der Waals surface area contributed by atoms with Gasteiger partial charge in [-0.3, -0.25) is 0 Å². The van der Waals surface area contributed by atoms with Gasteiger partial charge in [0, 0.05) is 24.7 Å². The maximum atomic E-state index is 13.7. The number of hydrogen-bond donors (Lipinski definition) is 1. The van der Waals surface area contributed by atoms with Crippen LogP contribution in [0.5, 0.6) is 0 Å². The maximum Gasteiger partial charge on any atom is 0.147 e. The first-order valence-electron chi connectivity index (χ1n) is 5.51. The number of fused-ring (bicyclic) bond motifs is 1. The van der Waals surface area contributed by atoms with Crippen LogP contribution in [0.25, 0.3) is 10.9 Å². The molecule has 0 aliphatic rings. The second kappa shape index (κ2) is 3.91. The van der Waals surface area contributed by atoms with E-state index in [1.165, 1.54) is 6.07 Å². The Balaban J connectivity index is 2.69. The average molecular weight is 220 g/mol. The van der Waals surface area contributed by atoms with Crippen LogP contribution in [-0.2, 0) is 7.05 Å². The molecule has 0 fully saturated rings. The molecule has 1 aromatic carbocycles. The van der Waals surface area contributed by atoms with E-state index < -0.39 is 0 Å². The molecule has 16 heavy (non-hydrogen) atoms. The lowest BCUT2D eigenvalue weighted by atomic mass is 9.97. The van der Waals surface area contributed by atoms with Crippen LogP contribution in [0.3, 0.4) is 0 Å². The zero-order chi connectivity index (χ0) is 11.9. The highest BCUT2D eigenvalue weighted by molar-refractivity contribution is 5.85. The van der Waals surface area contributed by atoms with Crippen molar-refractivity contribution in [3.63, 3.8) is 0 Å². The van der Waals surface area contributed by atoms with Crippen molar-refractivity contribution in [3.8, 4) is 0 Å². The number of nitrogens with zero attached hydrogens (tertiary/aromatic N) is 1. The van der Waals surface area contributed by atoms with E-state index in [1.54, 1.807) is 6.07 Å². The fourth-order valence-corrected chi connectivity index (χ4v) is 2.07. The van der Waals surface area contributed by atoms with Crippen molar-refractivity contribution in [1.29, 1.82) is 0 Å². The van der Waals surface area contributed by atoms with Gasteiger partial charge in [0.05, 0.1) is 5.52 Å². The smallest absolute Gasteiger partial charge is 0.147 e. The van der Waals surface area contributed by atoms with Crippen LogP contribution in [-0.4, -0.2) is 4.57 Å². The van der Waals surface area contributed by atoms with Crippen LogP contribution in [0.15, 0.2) is 24.4 Å². The third kappa shape index (κ3) is 1.61. The molecule has 0 bridgehead atoms. The van der Waals surface area contributed by atoms with Gasteiger partial charge in [0.25, 0.3) is 0 Å². The standard InChI is InChI=1S/C13H17FN2/c1-8(2)12(15)10-7-16(3)13-9(10)5-4-6-11(13)14/h4-8,12H,15H2,1-3H3. The third-order valence-electron chi connectivity index (χ3n) is 3.06. The summed E-state index contributed by atoms with van der Waals surface area (Å²) in [4.78, 5) is 0. The first kappa shape index (κ1) is 11.1. The van der Waals surface area contributed by atoms with Gasteiger partial charge in [-0.25, -0.2) is 4.39 Å². The molecule has 1 atom stereocenters. The van der Waals surface area contributed by atoms with E-state index in [0.29, 0.717) is 11.4 Å². The first-order chi connectivity index (χ1) is 7.52. The fraction of sp³-hybridized carbons (Fsp3) is 0.385. The van der Waals surface area contributed by atoms with Crippen molar-refractivity contribution in [2.45, 2.75) is 19.9 Å². The van der Waals surface area contributed by atoms with Crippen molar-refractivity contribution >= 4 is 10.9 Å². The number of halogens is 1. The molecule has 0 saturated heterocycles. The summed E-state index contributed by atoms with van der Waals surface area (Å²) in [5.74, 6) is 0.149. The molecule has 2 rings (SSSR count). The Kier molecular flexibility index (Phi) is 2.72. The lowest BCUT2D eigenvalue weighted by Gasteiger charge is -2.14. The second-order valence-corrected chi connectivity index (χ2v) is 4.60. The second-order valence-electron chi connectivity index (χ2n) is 4.60. The molecule has 3 heteroatoms. The molecule has 0 saturated carbocycles. The van der Waals surface area contributed by atoms with Crippen LogP contribution in [0.4, 0.5) is 4.39 Å². The van der Waals surface area contributed by atoms with E-state index >= 15 is 0 Å². The summed E-state index contributed by atoms with van der Waals surface area (Å²) in [5.41, 5.74) is 7.78. The van der Waals surface area contributed by atoms with Crippen LogP contribution < -0.4 is 5.73 Å².